The van der Waals surface area contributed by atoms with Gasteiger partial charge in [-0.3, -0.25) is 4.72 Å². The molecule has 2 aromatic rings. The van der Waals surface area contributed by atoms with Crippen molar-refractivity contribution < 1.29 is 35.5 Å². The van der Waals surface area contributed by atoms with E-state index in [4.69, 9.17) is 0 Å². The number of ether oxygens (including phenoxy) is 1. The molecule has 0 aliphatic heterocycles. The third-order valence-electron chi connectivity index (χ3n) is 3.16. The zero-order valence-corrected chi connectivity index (χ0v) is 15.3. The van der Waals surface area contributed by atoms with E-state index >= 15 is 0 Å². The molecule has 146 valence electrons. The number of halogens is 4. The van der Waals surface area contributed by atoms with E-state index in [1.54, 1.807) is 0 Å². The number of nitrogens with one attached hydrogen (secondary N) is 1. The summed E-state index contributed by atoms with van der Waals surface area (Å²) in [6, 6.07) is 8.02. The van der Waals surface area contributed by atoms with Crippen molar-refractivity contribution in [3.63, 3.8) is 0 Å². The number of esters is 1. The normalized spacial score (nSPS) is 11.9. The number of methoxy groups -OCH3 is 1. The zero-order valence-electron chi connectivity index (χ0n) is 13.7. The summed E-state index contributed by atoms with van der Waals surface area (Å²) < 4.78 is 82.8. The van der Waals surface area contributed by atoms with Gasteiger partial charge in [0.15, 0.2) is 0 Å². The Kier molecular flexibility index (Phi) is 6.37. The summed E-state index contributed by atoms with van der Waals surface area (Å²) in [6.45, 7) is 0. The average Bonchev–Trinajstić information content (AvgIpc) is 2.59. The van der Waals surface area contributed by atoms with Crippen LogP contribution in [0.3, 0.4) is 0 Å². The summed E-state index contributed by atoms with van der Waals surface area (Å²) in [5.74, 6) is -3.22. The number of sulfonamides is 1. The predicted molar refractivity (Wildman–Crippen MR) is 91.8 cm³/mol. The lowest BCUT2D eigenvalue weighted by Gasteiger charge is -2.14. The highest BCUT2D eigenvalue weighted by atomic mass is 32.2. The van der Waals surface area contributed by atoms with Gasteiger partial charge in [-0.15, -0.1) is 11.8 Å². The maximum Gasteiger partial charge on any atom is 0.398 e. The number of carbonyl (C=O) groups excluding carboxylic acids is 1. The molecule has 0 heterocycles. The third-order valence-corrected chi connectivity index (χ3v) is 5.68. The molecule has 0 bridgehead atoms. The Morgan fingerprint density at radius 2 is 1.85 bits per heavy atom. The summed E-state index contributed by atoms with van der Waals surface area (Å²) in [6.07, 6.45) is -4.45. The molecule has 0 unspecified atom stereocenters. The number of hydrogen-bond acceptors (Lipinski definition) is 5. The molecule has 2 aromatic carbocycles. The van der Waals surface area contributed by atoms with Gasteiger partial charge in [-0.25, -0.2) is 17.6 Å². The molecular weight excluding hydrogens is 410 g/mol. The minimum atomic E-state index is -4.51. The molecule has 0 aliphatic rings. The number of benzene rings is 2. The summed E-state index contributed by atoms with van der Waals surface area (Å²) in [5, 5.41) is 0. The lowest BCUT2D eigenvalue weighted by atomic mass is 10.2. The van der Waals surface area contributed by atoms with Gasteiger partial charge in [0.2, 0.25) is 0 Å². The van der Waals surface area contributed by atoms with Gasteiger partial charge in [-0.2, -0.15) is 13.2 Å². The Labute approximate surface area is 156 Å². The van der Waals surface area contributed by atoms with Crippen LogP contribution in [0.25, 0.3) is 0 Å². The Balaban J connectivity index is 2.36. The molecule has 0 saturated heterocycles. The molecular formula is C16H13F4NO4S2. The van der Waals surface area contributed by atoms with Crippen molar-refractivity contribution in [2.24, 2.45) is 0 Å². The molecule has 0 fully saturated rings. The summed E-state index contributed by atoms with van der Waals surface area (Å²) in [4.78, 5) is 10.7. The van der Waals surface area contributed by atoms with Gasteiger partial charge in [-0.1, -0.05) is 12.1 Å². The molecule has 0 aromatic heterocycles. The lowest BCUT2D eigenvalue weighted by molar-refractivity contribution is -0.105. The Bertz CT molecular complexity index is 946. The first-order chi connectivity index (χ1) is 12.5. The molecule has 27 heavy (non-hydrogen) atoms. The van der Waals surface area contributed by atoms with Gasteiger partial charge < -0.3 is 4.74 Å². The van der Waals surface area contributed by atoms with Crippen LogP contribution in [0.5, 0.6) is 0 Å². The molecule has 0 amide bonds. The minimum absolute atomic E-state index is 0.0166. The number of para-hydroxylation sites is 1. The van der Waals surface area contributed by atoms with Gasteiger partial charge in [0.05, 0.1) is 24.1 Å². The van der Waals surface area contributed by atoms with E-state index in [1.807, 2.05) is 0 Å². The molecule has 0 spiro atoms. The Morgan fingerprint density at radius 1 is 1.19 bits per heavy atom. The first-order valence-electron chi connectivity index (χ1n) is 7.23. The monoisotopic (exact) mass is 423 g/mol. The van der Waals surface area contributed by atoms with Crippen molar-refractivity contribution >= 4 is 33.4 Å². The van der Waals surface area contributed by atoms with Gasteiger partial charge in [0, 0.05) is 4.90 Å². The highest BCUT2D eigenvalue weighted by Gasteiger charge is 2.28. The number of hydrogen-bond donors (Lipinski definition) is 1. The van der Waals surface area contributed by atoms with Gasteiger partial charge in [-0.05, 0) is 30.3 Å². The van der Waals surface area contributed by atoms with E-state index in [0.29, 0.717) is 11.8 Å². The molecule has 0 radical (unpaired) electrons. The van der Waals surface area contributed by atoms with E-state index in [9.17, 15) is 30.8 Å². The second-order valence-electron chi connectivity index (χ2n) is 5.14. The average molecular weight is 423 g/mol. The van der Waals surface area contributed by atoms with Crippen molar-refractivity contribution in [3.05, 3.63) is 53.8 Å². The van der Waals surface area contributed by atoms with Crippen LogP contribution in [0.4, 0.5) is 23.2 Å². The fourth-order valence-corrected chi connectivity index (χ4v) is 4.01. The standard InChI is InChI=1S/C16H13F4NO4S2/c1-25-15(22)10-6-7-11(17)14(8-10)27(23,24)21-12-4-2-3-5-13(12)26-9-16(18,19)20/h2-8,21H,9H2,1H3. The molecule has 0 aliphatic carbocycles. The van der Waals surface area contributed by atoms with Crippen LogP contribution in [0.1, 0.15) is 10.4 Å². The Morgan fingerprint density at radius 3 is 2.48 bits per heavy atom. The maximum atomic E-state index is 14.0. The largest absolute Gasteiger partial charge is 0.465 e. The highest BCUT2D eigenvalue weighted by Crippen LogP contribution is 2.33. The fourth-order valence-electron chi connectivity index (χ4n) is 1.99. The molecule has 5 nitrogen and oxygen atoms in total. The van der Waals surface area contributed by atoms with E-state index in [1.165, 1.54) is 24.3 Å². The second kappa shape index (κ2) is 8.17. The lowest BCUT2D eigenvalue weighted by Crippen LogP contribution is -2.17. The van der Waals surface area contributed by atoms with Crippen LogP contribution >= 0.6 is 11.8 Å². The smallest absolute Gasteiger partial charge is 0.398 e. The predicted octanol–water partition coefficient (Wildman–Crippen LogP) is 4.07. The van der Waals surface area contributed by atoms with Crippen LogP contribution in [0.2, 0.25) is 0 Å². The van der Waals surface area contributed by atoms with Gasteiger partial charge in [0.1, 0.15) is 10.7 Å². The van der Waals surface area contributed by atoms with Crippen LogP contribution in [0, 0.1) is 5.82 Å². The molecule has 11 heteroatoms. The zero-order chi connectivity index (χ0) is 20.2. The molecule has 2 rings (SSSR count). The first kappa shape index (κ1) is 21.0. The van der Waals surface area contributed by atoms with Crippen LogP contribution in [-0.4, -0.2) is 33.4 Å². The SMILES string of the molecule is COC(=O)c1ccc(F)c(S(=O)(=O)Nc2ccccc2SCC(F)(F)F)c1. The summed E-state index contributed by atoms with van der Waals surface area (Å²) in [5.41, 5.74) is -0.339. The quantitative estimate of drug-likeness (QED) is 0.431. The second-order valence-corrected chi connectivity index (χ2v) is 7.81. The summed E-state index contributed by atoms with van der Waals surface area (Å²) >= 11 is 0.386. The number of rotatable bonds is 6. The van der Waals surface area contributed by atoms with E-state index in [-0.39, 0.29) is 16.1 Å². The van der Waals surface area contributed by atoms with Crippen LogP contribution in [-0.2, 0) is 14.8 Å². The van der Waals surface area contributed by atoms with Crippen molar-refractivity contribution in [1.82, 2.24) is 0 Å². The van der Waals surface area contributed by atoms with Gasteiger partial charge in [0.25, 0.3) is 10.0 Å². The van der Waals surface area contributed by atoms with Crippen molar-refractivity contribution in [2.75, 3.05) is 17.6 Å². The van der Waals surface area contributed by atoms with Gasteiger partial charge >= 0.3 is 12.1 Å². The fraction of sp³-hybridized carbons (Fsp3) is 0.188. The van der Waals surface area contributed by atoms with E-state index in [2.05, 4.69) is 9.46 Å². The van der Waals surface area contributed by atoms with Crippen LogP contribution < -0.4 is 4.72 Å². The number of carbonyl (C=O) groups is 1. The van der Waals surface area contributed by atoms with Crippen molar-refractivity contribution in [3.8, 4) is 0 Å². The number of alkyl halides is 3. The third kappa shape index (κ3) is 5.60. The number of thioether (sulfide) groups is 1. The molecule has 1 N–H and O–H groups in total. The van der Waals surface area contributed by atoms with Crippen LogP contribution in [0.15, 0.2) is 52.3 Å². The molecule has 0 saturated carbocycles. The first-order valence-corrected chi connectivity index (χ1v) is 9.69. The van der Waals surface area contributed by atoms with Crippen molar-refractivity contribution in [2.45, 2.75) is 16.0 Å². The van der Waals surface area contributed by atoms with Crippen molar-refractivity contribution in [1.29, 1.82) is 0 Å². The summed E-state index contributed by atoms with van der Waals surface area (Å²) in [7, 11) is -3.44. The maximum absolute atomic E-state index is 14.0. The minimum Gasteiger partial charge on any atom is -0.465 e. The Hall–Kier alpha value is -2.27. The number of anilines is 1. The topological polar surface area (TPSA) is 72.5 Å². The highest BCUT2D eigenvalue weighted by molar-refractivity contribution is 7.99. The van der Waals surface area contributed by atoms with E-state index in [0.717, 1.165) is 25.3 Å². The van der Waals surface area contributed by atoms with E-state index < -0.39 is 38.6 Å². The molecule has 0 atom stereocenters.